The molecule has 0 bridgehead atoms. The van der Waals surface area contributed by atoms with Gasteiger partial charge in [-0.15, -0.1) is 0 Å². The van der Waals surface area contributed by atoms with Crippen molar-refractivity contribution in [2.24, 2.45) is 0 Å². The second kappa shape index (κ2) is 8.51. The van der Waals surface area contributed by atoms with Crippen molar-refractivity contribution in [2.75, 3.05) is 22.9 Å². The van der Waals surface area contributed by atoms with Crippen LogP contribution in [-0.4, -0.2) is 35.0 Å². The fraction of sp³-hybridized carbons (Fsp3) is 0.500. The number of anilines is 2. The van der Waals surface area contributed by atoms with Crippen molar-refractivity contribution in [3.63, 3.8) is 0 Å². The molecule has 1 unspecified atom stereocenters. The summed E-state index contributed by atoms with van der Waals surface area (Å²) < 4.78 is 0. The minimum Gasteiger partial charge on any atom is -0.354 e. The van der Waals surface area contributed by atoms with Crippen molar-refractivity contribution in [3.05, 3.63) is 47.4 Å². The van der Waals surface area contributed by atoms with Crippen LogP contribution in [-0.2, 0) is 0 Å². The molecule has 0 aliphatic carbocycles. The Labute approximate surface area is 162 Å². The van der Waals surface area contributed by atoms with E-state index in [0.717, 1.165) is 30.0 Å². The third kappa shape index (κ3) is 4.29. The number of carbonyl (C=O) groups is 1. The van der Waals surface area contributed by atoms with Crippen LogP contribution in [0, 0.1) is 13.8 Å². The lowest BCUT2D eigenvalue weighted by Crippen LogP contribution is -2.40. The van der Waals surface area contributed by atoms with Gasteiger partial charge in [-0.05, 0) is 64.2 Å². The molecule has 1 amide bonds. The first-order valence-electron chi connectivity index (χ1n) is 10.0. The third-order valence-corrected chi connectivity index (χ3v) is 5.31. The van der Waals surface area contributed by atoms with E-state index in [0.29, 0.717) is 24.1 Å². The predicted octanol–water partition coefficient (Wildman–Crippen LogP) is 4.53. The van der Waals surface area contributed by atoms with Crippen molar-refractivity contribution < 1.29 is 4.79 Å². The summed E-state index contributed by atoms with van der Waals surface area (Å²) >= 11 is 0. The fourth-order valence-electron chi connectivity index (χ4n) is 3.91. The number of hydrogen-bond donors (Lipinski definition) is 0. The van der Waals surface area contributed by atoms with Crippen LogP contribution in [0.25, 0.3) is 0 Å². The highest BCUT2D eigenvalue weighted by molar-refractivity contribution is 6.05. The number of carbonyl (C=O) groups excluding carboxylic acids is 1. The zero-order valence-electron chi connectivity index (χ0n) is 16.9. The van der Waals surface area contributed by atoms with Gasteiger partial charge in [0, 0.05) is 30.9 Å². The maximum absolute atomic E-state index is 13.2. The van der Waals surface area contributed by atoms with Crippen molar-refractivity contribution in [2.45, 2.75) is 59.4 Å². The summed E-state index contributed by atoms with van der Waals surface area (Å²) in [6.07, 6.45) is 4.72. The first kappa shape index (κ1) is 19.3. The minimum absolute atomic E-state index is 0.0695. The molecule has 0 radical (unpaired) electrons. The Balaban J connectivity index is 1.93. The molecule has 1 aromatic carbocycles. The second-order valence-electron chi connectivity index (χ2n) is 7.30. The van der Waals surface area contributed by atoms with Crippen LogP contribution in [0.3, 0.4) is 0 Å². The van der Waals surface area contributed by atoms with Crippen LogP contribution >= 0.6 is 0 Å². The topological polar surface area (TPSA) is 49.3 Å². The number of rotatable bonds is 5. The molecule has 2 heterocycles. The summed E-state index contributed by atoms with van der Waals surface area (Å²) in [7, 11) is 0. The maximum atomic E-state index is 13.2. The van der Waals surface area contributed by atoms with E-state index in [2.05, 4.69) is 21.8 Å². The summed E-state index contributed by atoms with van der Waals surface area (Å²) in [6, 6.07) is 10.4. The molecular weight excluding hydrogens is 336 g/mol. The van der Waals surface area contributed by atoms with E-state index >= 15 is 0 Å². The molecule has 3 rings (SSSR count). The predicted molar refractivity (Wildman–Crippen MR) is 111 cm³/mol. The molecule has 144 valence electrons. The summed E-state index contributed by atoms with van der Waals surface area (Å²) in [5.41, 5.74) is 2.52. The Kier molecular flexibility index (Phi) is 6.09. The van der Waals surface area contributed by atoms with Crippen LogP contribution in [0.15, 0.2) is 30.3 Å². The van der Waals surface area contributed by atoms with Gasteiger partial charge in [0.25, 0.3) is 5.91 Å². The molecule has 1 atom stereocenters. The molecular formula is C22H30N4O. The van der Waals surface area contributed by atoms with Gasteiger partial charge in [-0.1, -0.05) is 19.1 Å². The second-order valence-corrected chi connectivity index (χ2v) is 7.30. The molecule has 27 heavy (non-hydrogen) atoms. The lowest BCUT2D eigenvalue weighted by molar-refractivity contribution is 0.0983. The highest BCUT2D eigenvalue weighted by Crippen LogP contribution is 2.26. The quantitative estimate of drug-likeness (QED) is 0.780. The Morgan fingerprint density at radius 1 is 1.19 bits per heavy atom. The van der Waals surface area contributed by atoms with Crippen LogP contribution < -0.4 is 9.80 Å². The van der Waals surface area contributed by atoms with Crippen LogP contribution in [0.5, 0.6) is 0 Å². The minimum atomic E-state index is -0.0695. The number of hydrogen-bond acceptors (Lipinski definition) is 4. The summed E-state index contributed by atoms with van der Waals surface area (Å²) in [4.78, 5) is 26.5. The van der Waals surface area contributed by atoms with Crippen molar-refractivity contribution in [1.29, 1.82) is 0 Å². The number of nitrogens with zero attached hydrogens (tertiary/aromatic N) is 4. The molecule has 0 saturated carbocycles. The number of benzene rings is 1. The van der Waals surface area contributed by atoms with E-state index in [1.807, 2.05) is 51.1 Å². The molecule has 1 aliphatic rings. The SMILES string of the molecule is CCC1CCCCN1c1cc(C(=O)N(CC)c2cccc(C)c2)nc(C)n1. The number of amides is 1. The number of piperidine rings is 1. The Hall–Kier alpha value is -2.43. The van der Waals surface area contributed by atoms with Crippen molar-refractivity contribution in [3.8, 4) is 0 Å². The van der Waals surface area contributed by atoms with Crippen molar-refractivity contribution >= 4 is 17.4 Å². The van der Waals surface area contributed by atoms with Gasteiger partial charge < -0.3 is 9.80 Å². The number of aromatic nitrogens is 2. The van der Waals surface area contributed by atoms with E-state index in [4.69, 9.17) is 0 Å². The monoisotopic (exact) mass is 366 g/mol. The molecule has 1 aromatic heterocycles. The molecule has 1 aliphatic heterocycles. The maximum Gasteiger partial charge on any atom is 0.277 e. The van der Waals surface area contributed by atoms with Crippen LogP contribution in [0.2, 0.25) is 0 Å². The molecule has 1 fully saturated rings. The van der Waals surface area contributed by atoms with Gasteiger partial charge in [-0.3, -0.25) is 4.79 Å². The van der Waals surface area contributed by atoms with Crippen molar-refractivity contribution in [1.82, 2.24) is 9.97 Å². The first-order valence-corrected chi connectivity index (χ1v) is 10.0. The van der Waals surface area contributed by atoms with E-state index < -0.39 is 0 Å². The van der Waals surface area contributed by atoms with Gasteiger partial charge in [-0.2, -0.15) is 0 Å². The first-order chi connectivity index (χ1) is 13.0. The largest absolute Gasteiger partial charge is 0.354 e. The highest BCUT2D eigenvalue weighted by atomic mass is 16.2. The smallest absolute Gasteiger partial charge is 0.277 e. The van der Waals surface area contributed by atoms with E-state index in [9.17, 15) is 4.79 Å². The van der Waals surface area contributed by atoms with Gasteiger partial charge >= 0.3 is 0 Å². The normalized spacial score (nSPS) is 17.0. The lowest BCUT2D eigenvalue weighted by atomic mass is 10.00. The molecule has 5 heteroatoms. The summed E-state index contributed by atoms with van der Waals surface area (Å²) in [5, 5.41) is 0. The van der Waals surface area contributed by atoms with Crippen LogP contribution in [0.1, 0.15) is 61.4 Å². The number of aryl methyl sites for hydroxylation is 2. The van der Waals surface area contributed by atoms with Gasteiger partial charge in [0.15, 0.2) is 0 Å². The molecule has 5 nitrogen and oxygen atoms in total. The zero-order chi connectivity index (χ0) is 19.4. The zero-order valence-corrected chi connectivity index (χ0v) is 16.9. The average Bonchev–Trinajstić information content (AvgIpc) is 2.68. The van der Waals surface area contributed by atoms with Gasteiger partial charge in [-0.25, -0.2) is 9.97 Å². The third-order valence-electron chi connectivity index (χ3n) is 5.31. The van der Waals surface area contributed by atoms with E-state index in [1.165, 1.54) is 19.3 Å². The van der Waals surface area contributed by atoms with Gasteiger partial charge in [0.05, 0.1) is 0 Å². The van der Waals surface area contributed by atoms with Gasteiger partial charge in [0.2, 0.25) is 0 Å². The molecule has 0 spiro atoms. The Morgan fingerprint density at radius 3 is 2.70 bits per heavy atom. The summed E-state index contributed by atoms with van der Waals surface area (Å²) in [5.74, 6) is 1.47. The Bertz CT molecular complexity index is 805. The average molecular weight is 367 g/mol. The standard InChI is InChI=1S/C22H30N4O/c1-5-18-11-7-8-13-26(18)21-15-20(23-17(4)24-21)22(27)25(6-2)19-12-9-10-16(3)14-19/h9-10,12,14-15,18H,5-8,11,13H2,1-4H3. The lowest BCUT2D eigenvalue weighted by Gasteiger charge is -2.36. The van der Waals surface area contributed by atoms with Crippen LogP contribution in [0.4, 0.5) is 11.5 Å². The Morgan fingerprint density at radius 2 is 2.00 bits per heavy atom. The summed E-state index contributed by atoms with van der Waals surface area (Å²) in [6.45, 7) is 9.72. The molecule has 1 saturated heterocycles. The highest BCUT2D eigenvalue weighted by Gasteiger charge is 2.25. The molecule has 0 N–H and O–H groups in total. The van der Waals surface area contributed by atoms with E-state index in [-0.39, 0.29) is 5.91 Å². The van der Waals surface area contributed by atoms with E-state index in [1.54, 1.807) is 4.90 Å². The fourth-order valence-corrected chi connectivity index (χ4v) is 3.91. The molecule has 2 aromatic rings. The van der Waals surface area contributed by atoms with Gasteiger partial charge in [0.1, 0.15) is 17.3 Å².